The molecular formula is C14H20FIN2O2Si. The van der Waals surface area contributed by atoms with Crippen LogP contribution in [0.5, 0.6) is 5.88 Å². The molecule has 0 amide bonds. The van der Waals surface area contributed by atoms with Gasteiger partial charge in [-0.3, -0.25) is 0 Å². The number of nitriles is 1. The van der Waals surface area contributed by atoms with E-state index in [1.54, 1.807) is 22.6 Å². The molecule has 0 bridgehead atoms. The Morgan fingerprint density at radius 1 is 1.38 bits per heavy atom. The van der Waals surface area contributed by atoms with Crippen molar-refractivity contribution in [1.29, 1.82) is 5.26 Å². The number of hydrogen-bond acceptors (Lipinski definition) is 4. The average molecular weight is 422 g/mol. The van der Waals surface area contributed by atoms with Crippen molar-refractivity contribution < 1.29 is 13.6 Å². The zero-order chi connectivity index (χ0) is 16.3. The van der Waals surface area contributed by atoms with Crippen molar-refractivity contribution in [2.45, 2.75) is 38.9 Å². The van der Waals surface area contributed by atoms with Gasteiger partial charge in [-0.25, -0.2) is 9.37 Å². The van der Waals surface area contributed by atoms with Crippen LogP contribution in [0.1, 0.15) is 26.3 Å². The van der Waals surface area contributed by atoms with E-state index >= 15 is 0 Å². The van der Waals surface area contributed by atoms with Crippen LogP contribution in [-0.2, 0) is 4.43 Å². The van der Waals surface area contributed by atoms with E-state index in [4.69, 9.17) is 14.4 Å². The summed E-state index contributed by atoms with van der Waals surface area (Å²) in [6.07, 6.45) is 1.06. The topological polar surface area (TPSA) is 55.1 Å². The van der Waals surface area contributed by atoms with Gasteiger partial charge >= 0.3 is 0 Å². The molecule has 0 saturated heterocycles. The number of aromatic nitrogens is 1. The van der Waals surface area contributed by atoms with E-state index in [1.165, 1.54) is 0 Å². The van der Waals surface area contributed by atoms with Crippen LogP contribution in [0, 0.1) is 20.7 Å². The van der Waals surface area contributed by atoms with Crippen molar-refractivity contribution in [3.05, 3.63) is 21.1 Å². The second kappa shape index (κ2) is 7.02. The van der Waals surface area contributed by atoms with Crippen molar-refractivity contribution in [1.82, 2.24) is 4.98 Å². The highest BCUT2D eigenvalue weighted by molar-refractivity contribution is 14.1. The molecule has 0 saturated carbocycles. The second-order valence-electron chi connectivity index (χ2n) is 6.17. The van der Waals surface area contributed by atoms with Gasteiger partial charge in [0.25, 0.3) is 0 Å². The highest BCUT2D eigenvalue weighted by atomic mass is 127. The van der Waals surface area contributed by atoms with Crippen LogP contribution in [0.2, 0.25) is 18.1 Å². The van der Waals surface area contributed by atoms with Crippen LogP contribution in [0.3, 0.4) is 0 Å². The molecule has 0 aromatic carbocycles. The molecule has 0 fully saturated rings. The molecule has 0 atom stereocenters. The number of rotatable bonds is 5. The second-order valence-corrected chi connectivity index (χ2v) is 12.1. The van der Waals surface area contributed by atoms with Crippen molar-refractivity contribution in [3.8, 4) is 11.9 Å². The fourth-order valence-corrected chi connectivity index (χ4v) is 2.83. The minimum atomic E-state index is -1.81. The van der Waals surface area contributed by atoms with Crippen LogP contribution < -0.4 is 4.74 Å². The Morgan fingerprint density at radius 3 is 2.52 bits per heavy atom. The lowest BCUT2D eigenvalue weighted by Gasteiger charge is -2.36. The van der Waals surface area contributed by atoms with Crippen LogP contribution in [0.25, 0.3) is 0 Å². The number of nitrogens with zero attached hydrogens (tertiary/aromatic N) is 2. The maximum atomic E-state index is 13.3. The molecule has 1 rings (SSSR count). The van der Waals surface area contributed by atoms with Crippen molar-refractivity contribution in [3.63, 3.8) is 0 Å². The van der Waals surface area contributed by atoms with Gasteiger partial charge < -0.3 is 9.16 Å². The third kappa shape index (κ3) is 4.62. The Labute approximate surface area is 139 Å². The summed E-state index contributed by atoms with van der Waals surface area (Å²) >= 11 is 1.77. The molecule has 4 nitrogen and oxygen atoms in total. The number of ether oxygens (including phenoxy) is 1. The van der Waals surface area contributed by atoms with Gasteiger partial charge in [-0.05, 0) is 40.7 Å². The third-order valence-corrected chi connectivity index (χ3v) is 9.23. The van der Waals surface area contributed by atoms with Gasteiger partial charge in [-0.2, -0.15) is 5.26 Å². The summed E-state index contributed by atoms with van der Waals surface area (Å²) in [5.74, 6) is -0.362. The Morgan fingerprint density at radius 2 is 2.00 bits per heavy atom. The van der Waals surface area contributed by atoms with Gasteiger partial charge in [0.15, 0.2) is 14.1 Å². The predicted molar refractivity (Wildman–Crippen MR) is 90.3 cm³/mol. The van der Waals surface area contributed by atoms with E-state index < -0.39 is 14.1 Å². The van der Waals surface area contributed by atoms with Crippen molar-refractivity contribution >= 4 is 30.9 Å². The van der Waals surface area contributed by atoms with Gasteiger partial charge in [0.2, 0.25) is 5.88 Å². The van der Waals surface area contributed by atoms with E-state index in [0.29, 0.717) is 6.61 Å². The van der Waals surface area contributed by atoms with Crippen LogP contribution in [-0.4, -0.2) is 26.5 Å². The molecular weight excluding hydrogens is 402 g/mol. The first-order valence-electron chi connectivity index (χ1n) is 6.61. The van der Waals surface area contributed by atoms with Gasteiger partial charge in [-0.1, -0.05) is 20.8 Å². The van der Waals surface area contributed by atoms with Gasteiger partial charge in [0, 0.05) is 0 Å². The SMILES string of the molecule is CC(C)(C)[Si](C)(C)OCCOc1ncc(F)c(I)c1C#N. The van der Waals surface area contributed by atoms with Gasteiger partial charge in [0.1, 0.15) is 18.2 Å². The van der Waals surface area contributed by atoms with Gasteiger partial charge in [0.05, 0.1) is 16.4 Å². The Kier molecular flexibility index (Phi) is 6.13. The third-order valence-electron chi connectivity index (χ3n) is 3.64. The number of hydrogen-bond donors (Lipinski definition) is 0. The highest BCUT2D eigenvalue weighted by Crippen LogP contribution is 2.36. The number of pyridine rings is 1. The summed E-state index contributed by atoms with van der Waals surface area (Å²) in [6, 6.07) is 1.92. The standard InChI is InChI=1S/C14H20FIN2O2Si/c1-14(2,3)21(4,5)20-7-6-19-13-10(8-17)12(16)11(15)9-18-13/h9H,6-7H2,1-5H3. The lowest BCUT2D eigenvalue weighted by atomic mass is 10.2. The normalized spacial score (nSPS) is 12.1. The first-order valence-corrected chi connectivity index (χ1v) is 10.6. The van der Waals surface area contributed by atoms with Crippen LogP contribution in [0.4, 0.5) is 4.39 Å². The molecule has 0 aliphatic heterocycles. The zero-order valence-electron chi connectivity index (χ0n) is 13.0. The summed E-state index contributed by atoms with van der Waals surface area (Å²) < 4.78 is 25.0. The monoisotopic (exact) mass is 422 g/mol. The average Bonchev–Trinajstić information content (AvgIpc) is 2.37. The molecule has 0 spiro atoms. The summed E-state index contributed by atoms with van der Waals surface area (Å²) in [4.78, 5) is 3.82. The molecule has 1 heterocycles. The highest BCUT2D eigenvalue weighted by Gasteiger charge is 2.36. The van der Waals surface area contributed by atoms with E-state index in [0.717, 1.165) is 6.20 Å². The van der Waals surface area contributed by atoms with E-state index in [-0.39, 0.29) is 26.7 Å². The molecule has 7 heteroatoms. The largest absolute Gasteiger partial charge is 0.474 e. The van der Waals surface area contributed by atoms with Crippen LogP contribution in [0.15, 0.2) is 6.20 Å². The minimum Gasteiger partial charge on any atom is -0.474 e. The van der Waals surface area contributed by atoms with E-state index in [2.05, 4.69) is 38.8 Å². The van der Waals surface area contributed by atoms with Crippen molar-refractivity contribution in [2.75, 3.05) is 13.2 Å². The maximum absolute atomic E-state index is 13.3. The fraction of sp³-hybridized carbons (Fsp3) is 0.571. The molecule has 116 valence electrons. The molecule has 0 unspecified atom stereocenters. The number of halogens is 2. The van der Waals surface area contributed by atoms with Gasteiger partial charge in [-0.15, -0.1) is 0 Å². The quantitative estimate of drug-likeness (QED) is 0.408. The molecule has 0 aliphatic carbocycles. The summed E-state index contributed by atoms with van der Waals surface area (Å²) in [7, 11) is -1.81. The smallest absolute Gasteiger partial charge is 0.233 e. The predicted octanol–water partition coefficient (Wildman–Crippen LogP) is 4.10. The Bertz CT molecular complexity index is 553. The molecule has 21 heavy (non-hydrogen) atoms. The van der Waals surface area contributed by atoms with Crippen LogP contribution >= 0.6 is 22.6 Å². The Hall–Kier alpha value is -0.723. The zero-order valence-corrected chi connectivity index (χ0v) is 16.1. The van der Waals surface area contributed by atoms with Crippen molar-refractivity contribution in [2.24, 2.45) is 0 Å². The Balaban J connectivity index is 2.63. The maximum Gasteiger partial charge on any atom is 0.233 e. The lowest BCUT2D eigenvalue weighted by molar-refractivity contribution is 0.198. The minimum absolute atomic E-state index is 0.128. The molecule has 1 aromatic rings. The molecule has 0 radical (unpaired) electrons. The molecule has 0 N–H and O–H groups in total. The summed E-state index contributed by atoms with van der Waals surface area (Å²) in [5, 5.41) is 9.18. The summed E-state index contributed by atoms with van der Waals surface area (Å²) in [6.45, 7) is 11.5. The lowest BCUT2D eigenvalue weighted by Crippen LogP contribution is -2.41. The van der Waals surface area contributed by atoms with E-state index in [9.17, 15) is 4.39 Å². The summed E-state index contributed by atoms with van der Waals surface area (Å²) in [5.41, 5.74) is 0.128. The molecule has 0 aliphatic rings. The first-order chi connectivity index (χ1) is 9.60. The van der Waals surface area contributed by atoms with E-state index in [1.807, 2.05) is 6.07 Å². The first kappa shape index (κ1) is 18.3. The fourth-order valence-electron chi connectivity index (χ4n) is 1.31. The molecule has 1 aromatic heterocycles.